The number of alkyl halides is 6. The summed E-state index contributed by atoms with van der Waals surface area (Å²) in [6.07, 6.45) is 0. The molecule has 2 unspecified atom stereocenters. The van der Waals surface area contributed by atoms with Crippen molar-refractivity contribution < 1.29 is 43.2 Å². The van der Waals surface area contributed by atoms with E-state index in [-0.39, 0.29) is 19.7 Å². The molecule has 14 heteroatoms. The molecule has 2 atom stereocenters. The van der Waals surface area contributed by atoms with Gasteiger partial charge in [-0.3, -0.25) is 0 Å². The van der Waals surface area contributed by atoms with Gasteiger partial charge in [0.15, 0.2) is 0 Å². The molecule has 6 nitrogen and oxygen atoms in total. The van der Waals surface area contributed by atoms with E-state index in [0.717, 1.165) is 0 Å². The SMILES string of the molecule is O=S(=O)(N1CC(c2ccccc2)N(S(=O)(=O)C(F)(F)F)C(c2ccccc2)C1)C(F)(F)F. The second kappa shape index (κ2) is 8.32. The van der Waals surface area contributed by atoms with Crippen LogP contribution in [0, 0.1) is 0 Å². The third-order valence-electron chi connectivity index (χ3n) is 4.94. The Labute approximate surface area is 180 Å². The third-order valence-corrected chi connectivity index (χ3v) is 8.15. The Hall–Kier alpha value is -2.16. The zero-order chi connectivity index (χ0) is 23.9. The van der Waals surface area contributed by atoms with Gasteiger partial charge in [0, 0.05) is 13.1 Å². The molecule has 32 heavy (non-hydrogen) atoms. The van der Waals surface area contributed by atoms with Crippen molar-refractivity contribution in [1.82, 2.24) is 8.61 Å². The largest absolute Gasteiger partial charge is 0.511 e. The number of hydrogen-bond acceptors (Lipinski definition) is 4. The zero-order valence-electron chi connectivity index (χ0n) is 16.0. The molecule has 0 saturated carbocycles. The zero-order valence-corrected chi connectivity index (χ0v) is 17.6. The van der Waals surface area contributed by atoms with Crippen molar-refractivity contribution in [2.24, 2.45) is 0 Å². The first kappa shape index (κ1) is 24.5. The normalized spacial score (nSPS) is 22.1. The van der Waals surface area contributed by atoms with Crippen LogP contribution < -0.4 is 0 Å². The summed E-state index contributed by atoms with van der Waals surface area (Å²) < 4.78 is 130. The Bertz CT molecular complexity index is 1100. The lowest BCUT2D eigenvalue weighted by atomic mass is 9.99. The molecule has 3 rings (SSSR count). The summed E-state index contributed by atoms with van der Waals surface area (Å²) >= 11 is 0. The maximum absolute atomic E-state index is 13.6. The fourth-order valence-electron chi connectivity index (χ4n) is 3.49. The molecule has 1 fully saturated rings. The van der Waals surface area contributed by atoms with Crippen molar-refractivity contribution in [1.29, 1.82) is 0 Å². The summed E-state index contributed by atoms with van der Waals surface area (Å²) in [5.41, 5.74) is -11.7. The average Bonchev–Trinajstić information content (AvgIpc) is 2.72. The smallest absolute Gasteiger partial charge is 0.203 e. The van der Waals surface area contributed by atoms with Gasteiger partial charge >= 0.3 is 31.1 Å². The Kier molecular flexibility index (Phi) is 6.36. The highest BCUT2D eigenvalue weighted by atomic mass is 32.2. The van der Waals surface area contributed by atoms with E-state index >= 15 is 0 Å². The molecular weight excluding hydrogens is 486 g/mol. The second-order valence-electron chi connectivity index (χ2n) is 6.90. The number of nitrogens with zero attached hydrogens (tertiary/aromatic N) is 2. The van der Waals surface area contributed by atoms with E-state index in [2.05, 4.69) is 0 Å². The molecule has 1 saturated heterocycles. The summed E-state index contributed by atoms with van der Waals surface area (Å²) in [6.45, 7) is -2.30. The van der Waals surface area contributed by atoms with Crippen LogP contribution in [-0.4, -0.2) is 49.6 Å². The molecule has 0 aromatic heterocycles. The van der Waals surface area contributed by atoms with E-state index < -0.39 is 56.2 Å². The first-order valence-electron chi connectivity index (χ1n) is 8.94. The van der Waals surface area contributed by atoms with Crippen LogP contribution in [0.3, 0.4) is 0 Å². The lowest BCUT2D eigenvalue weighted by Crippen LogP contribution is -2.57. The lowest BCUT2D eigenvalue weighted by Gasteiger charge is -2.45. The Morgan fingerprint density at radius 1 is 0.625 bits per heavy atom. The van der Waals surface area contributed by atoms with Gasteiger partial charge in [0.25, 0.3) is 0 Å². The first-order valence-corrected chi connectivity index (χ1v) is 11.8. The molecule has 1 aliphatic rings. The van der Waals surface area contributed by atoms with Gasteiger partial charge in [-0.2, -0.15) is 35.0 Å². The molecular formula is C18H16F6N2O4S2. The fourth-order valence-corrected chi connectivity index (χ4v) is 5.74. The molecule has 0 aliphatic carbocycles. The summed E-state index contributed by atoms with van der Waals surface area (Å²) in [6, 6.07) is 9.48. The van der Waals surface area contributed by atoms with Crippen LogP contribution in [0.1, 0.15) is 23.2 Å². The average molecular weight is 502 g/mol. The standard InChI is InChI=1S/C18H16F6N2O4S2/c19-17(20,21)31(27,28)25-11-15(13-7-3-1-4-8-13)26(32(29,30)18(22,23)24)16(12-25)14-9-5-2-6-10-14/h1-10,15-16H,11-12H2. The van der Waals surface area contributed by atoms with Crippen molar-refractivity contribution in [2.45, 2.75) is 23.1 Å². The fraction of sp³-hybridized carbons (Fsp3) is 0.333. The van der Waals surface area contributed by atoms with Crippen molar-refractivity contribution in [3.8, 4) is 0 Å². The van der Waals surface area contributed by atoms with E-state index in [1.807, 2.05) is 0 Å². The van der Waals surface area contributed by atoms with Crippen LogP contribution in [0.25, 0.3) is 0 Å². The number of halogens is 6. The second-order valence-corrected chi connectivity index (χ2v) is 10.7. The van der Waals surface area contributed by atoms with E-state index in [4.69, 9.17) is 0 Å². The molecule has 1 aliphatic heterocycles. The Balaban J connectivity index is 2.26. The summed E-state index contributed by atoms with van der Waals surface area (Å²) in [4.78, 5) is 0. The minimum absolute atomic E-state index is 0.0231. The number of benzene rings is 2. The molecule has 0 bridgehead atoms. The lowest BCUT2D eigenvalue weighted by molar-refractivity contribution is -0.0582. The molecule has 0 amide bonds. The number of rotatable bonds is 4. The minimum Gasteiger partial charge on any atom is -0.203 e. The van der Waals surface area contributed by atoms with Gasteiger partial charge in [-0.05, 0) is 11.1 Å². The number of sulfonamides is 2. The van der Waals surface area contributed by atoms with Gasteiger partial charge < -0.3 is 0 Å². The predicted octanol–water partition coefficient (Wildman–Crippen LogP) is 3.79. The third kappa shape index (κ3) is 4.36. The molecule has 176 valence electrons. The van der Waals surface area contributed by atoms with Crippen LogP contribution in [0.5, 0.6) is 0 Å². The maximum Gasteiger partial charge on any atom is 0.511 e. The maximum atomic E-state index is 13.6. The van der Waals surface area contributed by atoms with Crippen molar-refractivity contribution in [3.05, 3.63) is 71.8 Å². The van der Waals surface area contributed by atoms with Crippen molar-refractivity contribution in [3.63, 3.8) is 0 Å². The topological polar surface area (TPSA) is 74.8 Å². The molecule has 0 radical (unpaired) electrons. The Morgan fingerprint density at radius 2 is 0.969 bits per heavy atom. The molecule has 2 aromatic carbocycles. The Morgan fingerprint density at radius 3 is 1.28 bits per heavy atom. The van der Waals surface area contributed by atoms with Gasteiger partial charge in [0.1, 0.15) is 0 Å². The number of piperazine rings is 1. The van der Waals surface area contributed by atoms with Gasteiger partial charge in [-0.25, -0.2) is 16.8 Å². The van der Waals surface area contributed by atoms with Crippen LogP contribution in [-0.2, 0) is 20.0 Å². The van der Waals surface area contributed by atoms with Crippen molar-refractivity contribution >= 4 is 20.0 Å². The van der Waals surface area contributed by atoms with E-state index in [1.54, 1.807) is 0 Å². The number of hydrogen-bond donors (Lipinski definition) is 0. The molecule has 0 N–H and O–H groups in total. The molecule has 1 heterocycles. The minimum atomic E-state index is -6.07. The highest BCUT2D eigenvalue weighted by Gasteiger charge is 2.59. The first-order chi connectivity index (χ1) is 14.7. The van der Waals surface area contributed by atoms with Crippen molar-refractivity contribution in [2.75, 3.05) is 13.1 Å². The molecule has 2 aromatic rings. The highest BCUT2D eigenvalue weighted by Crippen LogP contribution is 2.45. The highest BCUT2D eigenvalue weighted by molar-refractivity contribution is 7.90. The summed E-state index contributed by atoms with van der Waals surface area (Å²) in [5, 5.41) is 0. The van der Waals surface area contributed by atoms with Gasteiger partial charge in [0.2, 0.25) is 0 Å². The van der Waals surface area contributed by atoms with E-state index in [9.17, 15) is 43.2 Å². The quantitative estimate of drug-likeness (QED) is 0.597. The summed E-state index contributed by atoms with van der Waals surface area (Å²) in [7, 11) is -12.0. The van der Waals surface area contributed by atoms with E-state index in [0.29, 0.717) is 0 Å². The van der Waals surface area contributed by atoms with Crippen LogP contribution in [0.15, 0.2) is 60.7 Å². The van der Waals surface area contributed by atoms with Crippen LogP contribution >= 0.6 is 0 Å². The van der Waals surface area contributed by atoms with Crippen LogP contribution in [0.4, 0.5) is 26.3 Å². The monoisotopic (exact) mass is 502 g/mol. The van der Waals surface area contributed by atoms with Gasteiger partial charge in [-0.1, -0.05) is 60.7 Å². The van der Waals surface area contributed by atoms with Crippen LogP contribution in [0.2, 0.25) is 0 Å². The van der Waals surface area contributed by atoms with E-state index in [1.165, 1.54) is 60.7 Å². The summed E-state index contributed by atoms with van der Waals surface area (Å²) in [5.74, 6) is 0. The van der Waals surface area contributed by atoms with Gasteiger partial charge in [0.05, 0.1) is 12.1 Å². The molecule has 0 spiro atoms. The van der Waals surface area contributed by atoms with Gasteiger partial charge in [-0.15, -0.1) is 0 Å². The predicted molar refractivity (Wildman–Crippen MR) is 102 cm³/mol.